The third kappa shape index (κ3) is 4.76. The molecule has 0 amide bonds. The van der Waals surface area contributed by atoms with E-state index in [1.165, 1.54) is 7.11 Å². The van der Waals surface area contributed by atoms with Crippen molar-refractivity contribution >= 4 is 17.6 Å². The topological polar surface area (TPSA) is 67.8 Å². The van der Waals surface area contributed by atoms with Crippen molar-refractivity contribution in [1.29, 1.82) is 0 Å². The summed E-state index contributed by atoms with van der Waals surface area (Å²) in [7, 11) is 1.32. The number of nitrogens with one attached hydrogen (secondary N) is 1. The molecule has 5 nitrogen and oxygen atoms in total. The number of esters is 1. The Bertz CT molecular complexity index is 177. The number of aliphatic hydroxyl groups is 1. The molecule has 0 aliphatic carbocycles. The van der Waals surface area contributed by atoms with Gasteiger partial charge in [-0.2, -0.15) is 0 Å². The Labute approximate surface area is 88.3 Å². The number of carbonyl (C=O) groups excluding carboxylic acids is 1. The normalized spacial score (nSPS) is 15.3. The summed E-state index contributed by atoms with van der Waals surface area (Å²) in [5.41, 5.74) is 0. The van der Waals surface area contributed by atoms with E-state index in [2.05, 4.69) is 14.8 Å². The van der Waals surface area contributed by atoms with Crippen LogP contribution < -0.4 is 5.32 Å². The van der Waals surface area contributed by atoms with E-state index in [4.69, 9.17) is 16.7 Å². The van der Waals surface area contributed by atoms with Gasteiger partial charge in [0.25, 0.3) is 0 Å². The van der Waals surface area contributed by atoms with Crippen molar-refractivity contribution in [2.24, 2.45) is 5.92 Å². The minimum atomic E-state index is -1.19. The van der Waals surface area contributed by atoms with E-state index in [1.54, 1.807) is 0 Å². The van der Waals surface area contributed by atoms with Gasteiger partial charge in [0.15, 0.2) is 6.07 Å². The van der Waals surface area contributed by atoms with Crippen LogP contribution in [0.1, 0.15) is 13.8 Å². The number of rotatable bonds is 6. The smallest absolute Gasteiger partial charge is 0.324 e. The summed E-state index contributed by atoms with van der Waals surface area (Å²) in [4.78, 5) is 11.3. The molecule has 0 saturated carbocycles. The second-order valence-electron chi connectivity index (χ2n) is 3.05. The van der Waals surface area contributed by atoms with E-state index in [0.29, 0.717) is 0 Å². The Balaban J connectivity index is 4.21. The molecule has 6 heteroatoms. The van der Waals surface area contributed by atoms with Crippen molar-refractivity contribution in [1.82, 2.24) is 5.32 Å². The van der Waals surface area contributed by atoms with Crippen molar-refractivity contribution in [3.05, 3.63) is 0 Å². The number of alkyl halides is 1. The third-order valence-electron chi connectivity index (χ3n) is 1.66. The highest BCUT2D eigenvalue weighted by atomic mass is 35.5. The van der Waals surface area contributed by atoms with Crippen molar-refractivity contribution in [2.45, 2.75) is 26.3 Å². The predicted molar refractivity (Wildman–Crippen MR) is 51.6 cm³/mol. The first-order valence-corrected chi connectivity index (χ1v) is 4.75. The zero-order valence-electron chi connectivity index (χ0n) is 8.49. The van der Waals surface area contributed by atoms with Crippen LogP contribution in [0.25, 0.3) is 0 Å². The zero-order chi connectivity index (χ0) is 11.1. The molecule has 0 radical (unpaired) electrons. The fraction of sp³-hybridized carbons (Fsp3) is 0.875. The molecule has 0 saturated heterocycles. The monoisotopic (exact) mass is 225 g/mol. The summed E-state index contributed by atoms with van der Waals surface area (Å²) in [5, 5.41) is 11.7. The third-order valence-corrected chi connectivity index (χ3v) is 1.77. The Morgan fingerprint density at radius 2 is 2.14 bits per heavy atom. The number of hydrogen-bond acceptors (Lipinski definition) is 5. The summed E-state index contributed by atoms with van der Waals surface area (Å²) in [6.07, 6.45) is -1.19. The molecule has 0 bridgehead atoms. The van der Waals surface area contributed by atoms with Crippen LogP contribution in [0.2, 0.25) is 0 Å². The summed E-state index contributed by atoms with van der Waals surface area (Å²) >= 11 is 5.25. The van der Waals surface area contributed by atoms with E-state index in [0.717, 1.165) is 0 Å². The van der Waals surface area contributed by atoms with Crippen LogP contribution in [-0.2, 0) is 14.3 Å². The largest absolute Gasteiger partial charge is 0.448 e. The molecule has 0 heterocycles. The molecule has 2 N–H and O–H groups in total. The van der Waals surface area contributed by atoms with Crippen molar-refractivity contribution < 1.29 is 19.4 Å². The van der Waals surface area contributed by atoms with Crippen LogP contribution in [0.15, 0.2) is 0 Å². The van der Waals surface area contributed by atoms with E-state index in [1.807, 2.05) is 13.8 Å². The lowest BCUT2D eigenvalue weighted by molar-refractivity contribution is -0.153. The van der Waals surface area contributed by atoms with Crippen LogP contribution in [0, 0.1) is 5.92 Å². The van der Waals surface area contributed by atoms with Gasteiger partial charge in [-0.3, -0.25) is 10.1 Å². The standard InChI is InChI=1S/C8H16ClNO4/c1-5(2)6(7(11)14-4-9)10-8(12)13-3/h5-6,8,10,12H,4H2,1-3H3/t6-,8-/m0/s1. The zero-order valence-corrected chi connectivity index (χ0v) is 9.25. The molecular formula is C8H16ClNO4. The van der Waals surface area contributed by atoms with Gasteiger partial charge in [0.2, 0.25) is 6.41 Å². The van der Waals surface area contributed by atoms with Gasteiger partial charge in [0.05, 0.1) is 0 Å². The average molecular weight is 226 g/mol. The lowest BCUT2D eigenvalue weighted by Gasteiger charge is -2.22. The van der Waals surface area contributed by atoms with Crippen molar-refractivity contribution in [3.8, 4) is 0 Å². The van der Waals surface area contributed by atoms with Gasteiger partial charge in [-0.05, 0) is 5.92 Å². The lowest BCUT2D eigenvalue weighted by atomic mass is 10.1. The van der Waals surface area contributed by atoms with Gasteiger partial charge >= 0.3 is 5.97 Å². The predicted octanol–water partition coefficient (Wildman–Crippen LogP) is 0.262. The number of methoxy groups -OCH3 is 1. The molecule has 0 aromatic rings. The van der Waals surface area contributed by atoms with Crippen LogP contribution in [0.3, 0.4) is 0 Å². The molecule has 0 fully saturated rings. The molecular weight excluding hydrogens is 210 g/mol. The average Bonchev–Trinajstić information content (AvgIpc) is 2.13. The number of halogens is 1. The molecule has 0 aromatic heterocycles. The summed E-state index contributed by atoms with van der Waals surface area (Å²) in [6.45, 7) is 3.63. The van der Waals surface area contributed by atoms with Crippen LogP contribution in [0.4, 0.5) is 0 Å². The first-order chi connectivity index (χ1) is 6.52. The summed E-state index contributed by atoms with van der Waals surface area (Å²) < 4.78 is 9.17. The minimum absolute atomic E-state index is 0.0319. The number of ether oxygens (including phenoxy) is 2. The van der Waals surface area contributed by atoms with Crippen LogP contribution in [0.5, 0.6) is 0 Å². The highest BCUT2D eigenvalue weighted by Crippen LogP contribution is 2.05. The van der Waals surface area contributed by atoms with Gasteiger partial charge in [-0.25, -0.2) is 0 Å². The van der Waals surface area contributed by atoms with Gasteiger partial charge in [-0.1, -0.05) is 25.4 Å². The second-order valence-corrected chi connectivity index (χ2v) is 3.27. The van der Waals surface area contributed by atoms with Gasteiger partial charge in [0.1, 0.15) is 6.04 Å². The fourth-order valence-electron chi connectivity index (χ4n) is 0.898. The first-order valence-electron chi connectivity index (χ1n) is 4.22. The highest BCUT2D eigenvalue weighted by Gasteiger charge is 2.25. The Kier molecular flexibility index (Phi) is 6.82. The number of carbonyl (C=O) groups is 1. The molecule has 0 rings (SSSR count). The molecule has 0 aromatic carbocycles. The van der Waals surface area contributed by atoms with Gasteiger partial charge in [0, 0.05) is 7.11 Å². The quantitative estimate of drug-likeness (QED) is 0.386. The Morgan fingerprint density at radius 1 is 1.57 bits per heavy atom. The molecule has 0 unspecified atom stereocenters. The van der Waals surface area contributed by atoms with Crippen molar-refractivity contribution in [3.63, 3.8) is 0 Å². The van der Waals surface area contributed by atoms with E-state index < -0.39 is 18.4 Å². The molecule has 84 valence electrons. The Hall–Kier alpha value is -0.360. The Morgan fingerprint density at radius 3 is 2.50 bits per heavy atom. The molecule has 0 aliphatic rings. The highest BCUT2D eigenvalue weighted by molar-refractivity contribution is 6.17. The maximum absolute atomic E-state index is 11.3. The van der Waals surface area contributed by atoms with E-state index in [9.17, 15) is 4.79 Å². The number of hydrogen-bond donors (Lipinski definition) is 2. The summed E-state index contributed by atoms with van der Waals surface area (Å²) in [6, 6.07) is -0.837. The molecule has 0 spiro atoms. The maximum atomic E-state index is 11.3. The number of aliphatic hydroxyl groups excluding tert-OH is 1. The van der Waals surface area contributed by atoms with Crippen LogP contribution in [-0.4, -0.2) is 36.7 Å². The molecule has 14 heavy (non-hydrogen) atoms. The summed E-state index contributed by atoms with van der Waals surface area (Å²) in [5.74, 6) is -0.540. The van der Waals surface area contributed by atoms with E-state index >= 15 is 0 Å². The first kappa shape index (κ1) is 13.6. The molecule has 2 atom stereocenters. The second kappa shape index (κ2) is 7.00. The van der Waals surface area contributed by atoms with Crippen molar-refractivity contribution in [2.75, 3.05) is 13.2 Å². The fourth-order valence-corrected chi connectivity index (χ4v) is 1.01. The lowest BCUT2D eigenvalue weighted by Crippen LogP contribution is -2.47. The van der Waals surface area contributed by atoms with Gasteiger partial charge < -0.3 is 14.6 Å². The molecule has 0 aliphatic heterocycles. The van der Waals surface area contributed by atoms with Gasteiger partial charge in [-0.15, -0.1) is 0 Å². The van der Waals surface area contributed by atoms with E-state index in [-0.39, 0.29) is 12.0 Å². The SMILES string of the molecule is CO[C@H](O)N[C@H](C(=O)OCCl)C(C)C. The van der Waals surface area contributed by atoms with Crippen LogP contribution >= 0.6 is 11.6 Å². The maximum Gasteiger partial charge on any atom is 0.324 e. The minimum Gasteiger partial charge on any atom is -0.448 e.